The summed E-state index contributed by atoms with van der Waals surface area (Å²) >= 11 is 0. The van der Waals surface area contributed by atoms with Crippen LogP contribution in [0, 0.1) is 11.7 Å². The molecular formula is C19H24FN3O3. The fraction of sp³-hybridized carbons (Fsp3) is 0.526. The van der Waals surface area contributed by atoms with Crippen molar-refractivity contribution in [3.8, 4) is 0 Å². The van der Waals surface area contributed by atoms with Crippen LogP contribution >= 0.6 is 0 Å². The molecule has 1 aromatic rings. The Morgan fingerprint density at radius 3 is 2.77 bits per heavy atom. The van der Waals surface area contributed by atoms with Crippen molar-refractivity contribution in [1.29, 1.82) is 0 Å². The zero-order chi connectivity index (χ0) is 18.9. The largest absolute Gasteiger partial charge is 0.340 e. The highest BCUT2D eigenvalue weighted by Gasteiger charge is 2.55. The lowest BCUT2D eigenvalue weighted by Crippen LogP contribution is -2.54. The number of benzene rings is 1. The van der Waals surface area contributed by atoms with E-state index in [1.54, 1.807) is 18.2 Å². The van der Waals surface area contributed by atoms with Crippen molar-refractivity contribution in [2.45, 2.75) is 44.7 Å². The number of nitrogens with one attached hydrogen (secondary N) is 1. The van der Waals surface area contributed by atoms with Gasteiger partial charge >= 0.3 is 6.03 Å². The summed E-state index contributed by atoms with van der Waals surface area (Å²) in [6.45, 7) is 1.72. The van der Waals surface area contributed by atoms with Crippen LogP contribution in [0.5, 0.6) is 0 Å². The molecule has 4 amide bonds. The van der Waals surface area contributed by atoms with E-state index in [9.17, 15) is 18.8 Å². The Kier molecular flexibility index (Phi) is 4.98. The Morgan fingerprint density at radius 1 is 1.35 bits per heavy atom. The molecule has 6 nitrogen and oxygen atoms in total. The van der Waals surface area contributed by atoms with Crippen molar-refractivity contribution >= 4 is 17.8 Å². The summed E-state index contributed by atoms with van der Waals surface area (Å²) in [5, 5.41) is 2.83. The van der Waals surface area contributed by atoms with Gasteiger partial charge in [0, 0.05) is 19.2 Å². The van der Waals surface area contributed by atoms with E-state index < -0.39 is 23.3 Å². The van der Waals surface area contributed by atoms with Crippen molar-refractivity contribution in [3.05, 3.63) is 35.6 Å². The topological polar surface area (TPSA) is 69.7 Å². The second-order valence-corrected chi connectivity index (χ2v) is 7.28. The average Bonchev–Trinajstić information content (AvgIpc) is 2.84. The molecule has 1 aliphatic carbocycles. The second kappa shape index (κ2) is 7.05. The van der Waals surface area contributed by atoms with E-state index in [4.69, 9.17) is 0 Å². The monoisotopic (exact) mass is 361 g/mol. The number of hydrogen-bond acceptors (Lipinski definition) is 3. The minimum absolute atomic E-state index is 0.0453. The Labute approximate surface area is 152 Å². The molecule has 0 bridgehead atoms. The Balaban J connectivity index is 1.68. The standard InChI is InChI=1S/C19H24FN3O3/c1-13-7-5-6-10-19(13)17(25)23(18(26)21-19)12-16(24)22(2)11-14-8-3-4-9-15(14)20/h3-4,8-9,13H,5-7,10-12H2,1-2H3,(H,21,26)/t13-,19-/m1/s1. The fourth-order valence-electron chi connectivity index (χ4n) is 3.87. The van der Waals surface area contributed by atoms with Crippen molar-refractivity contribution in [1.82, 2.24) is 15.1 Å². The molecule has 140 valence electrons. The van der Waals surface area contributed by atoms with Gasteiger partial charge in [0.2, 0.25) is 5.91 Å². The van der Waals surface area contributed by atoms with Crippen molar-refractivity contribution in [2.75, 3.05) is 13.6 Å². The van der Waals surface area contributed by atoms with Crippen molar-refractivity contribution in [2.24, 2.45) is 5.92 Å². The lowest BCUT2D eigenvalue weighted by Gasteiger charge is -2.36. The van der Waals surface area contributed by atoms with E-state index in [0.29, 0.717) is 12.0 Å². The van der Waals surface area contributed by atoms with Gasteiger partial charge in [-0.25, -0.2) is 9.18 Å². The number of carbonyl (C=O) groups excluding carboxylic acids is 3. The van der Waals surface area contributed by atoms with Gasteiger partial charge in [0.1, 0.15) is 17.9 Å². The van der Waals surface area contributed by atoms with Gasteiger partial charge in [-0.1, -0.05) is 38.0 Å². The van der Waals surface area contributed by atoms with Gasteiger partial charge < -0.3 is 10.2 Å². The smallest absolute Gasteiger partial charge is 0.325 e. The minimum Gasteiger partial charge on any atom is -0.340 e. The van der Waals surface area contributed by atoms with Gasteiger partial charge in [0.05, 0.1) is 0 Å². The summed E-state index contributed by atoms with van der Waals surface area (Å²) in [7, 11) is 1.53. The first-order chi connectivity index (χ1) is 12.3. The average molecular weight is 361 g/mol. The van der Waals surface area contributed by atoms with Crippen LogP contribution in [0.15, 0.2) is 24.3 Å². The van der Waals surface area contributed by atoms with Crippen LogP contribution < -0.4 is 5.32 Å². The summed E-state index contributed by atoms with van der Waals surface area (Å²) in [6, 6.07) is 5.70. The number of likely N-dealkylation sites (N-methyl/N-ethyl adjacent to an activating group) is 1. The Morgan fingerprint density at radius 2 is 2.08 bits per heavy atom. The third kappa shape index (κ3) is 3.18. The highest BCUT2D eigenvalue weighted by Crippen LogP contribution is 2.38. The SMILES string of the molecule is C[C@@H]1CCCC[C@@]12NC(=O)N(CC(=O)N(C)Cc1ccccc1F)C2=O. The number of rotatable bonds is 4. The maximum absolute atomic E-state index is 13.8. The van der Waals surface area contributed by atoms with E-state index in [1.807, 2.05) is 6.92 Å². The maximum atomic E-state index is 13.8. The van der Waals surface area contributed by atoms with Crippen LogP contribution in [0.2, 0.25) is 0 Å². The zero-order valence-corrected chi connectivity index (χ0v) is 15.1. The molecule has 2 atom stereocenters. The normalized spacial score (nSPS) is 25.5. The molecule has 1 saturated heterocycles. The molecule has 1 aromatic carbocycles. The molecule has 2 aliphatic rings. The first kappa shape index (κ1) is 18.4. The number of hydrogen-bond donors (Lipinski definition) is 1. The Bertz CT molecular complexity index is 738. The molecule has 0 aromatic heterocycles. The number of imide groups is 1. The van der Waals surface area contributed by atoms with Gasteiger partial charge in [0.25, 0.3) is 5.91 Å². The van der Waals surface area contributed by atoms with Crippen LogP contribution in [0.4, 0.5) is 9.18 Å². The summed E-state index contributed by atoms with van der Waals surface area (Å²) in [5.74, 6) is -1.07. The molecule has 7 heteroatoms. The van der Waals surface area contributed by atoms with Crippen molar-refractivity contribution in [3.63, 3.8) is 0 Å². The molecule has 1 saturated carbocycles. The number of urea groups is 1. The summed E-state index contributed by atoms with van der Waals surface area (Å²) in [4.78, 5) is 40.0. The number of amides is 4. The first-order valence-corrected chi connectivity index (χ1v) is 8.96. The van der Waals surface area contributed by atoms with E-state index >= 15 is 0 Å². The first-order valence-electron chi connectivity index (χ1n) is 8.96. The minimum atomic E-state index is -0.875. The predicted molar refractivity (Wildman–Crippen MR) is 93.5 cm³/mol. The quantitative estimate of drug-likeness (QED) is 0.837. The van der Waals surface area contributed by atoms with Crippen LogP contribution in [-0.2, 0) is 16.1 Å². The van der Waals surface area contributed by atoms with E-state index in [0.717, 1.165) is 24.2 Å². The third-order valence-electron chi connectivity index (χ3n) is 5.59. The predicted octanol–water partition coefficient (Wildman–Crippen LogP) is 2.28. The maximum Gasteiger partial charge on any atom is 0.325 e. The summed E-state index contributed by atoms with van der Waals surface area (Å²) < 4.78 is 13.8. The molecule has 0 radical (unpaired) electrons. The third-order valence-corrected chi connectivity index (χ3v) is 5.59. The van der Waals surface area contributed by atoms with E-state index in [-0.39, 0.29) is 24.9 Å². The molecule has 1 aliphatic heterocycles. The highest BCUT2D eigenvalue weighted by atomic mass is 19.1. The number of halogens is 1. The van der Waals surface area contributed by atoms with E-state index in [2.05, 4.69) is 5.32 Å². The number of nitrogens with zero attached hydrogens (tertiary/aromatic N) is 2. The molecule has 26 heavy (non-hydrogen) atoms. The van der Waals surface area contributed by atoms with Crippen LogP contribution in [0.1, 0.15) is 38.2 Å². The summed E-state index contributed by atoms with van der Waals surface area (Å²) in [5.41, 5.74) is -0.488. The molecule has 1 spiro atoms. The number of carbonyl (C=O) groups is 3. The molecule has 3 rings (SSSR count). The van der Waals surface area contributed by atoms with Crippen LogP contribution in [0.3, 0.4) is 0 Å². The van der Waals surface area contributed by atoms with E-state index in [1.165, 1.54) is 18.0 Å². The molecule has 1 heterocycles. The molecule has 0 unspecified atom stereocenters. The van der Waals surface area contributed by atoms with Crippen molar-refractivity contribution < 1.29 is 18.8 Å². The second-order valence-electron chi connectivity index (χ2n) is 7.28. The van der Waals surface area contributed by atoms with Gasteiger partial charge in [0.15, 0.2) is 0 Å². The van der Waals surface area contributed by atoms with Crippen LogP contribution in [0.25, 0.3) is 0 Å². The van der Waals surface area contributed by atoms with Gasteiger partial charge in [-0.3, -0.25) is 14.5 Å². The molecule has 1 N–H and O–H groups in total. The van der Waals surface area contributed by atoms with Crippen LogP contribution in [-0.4, -0.2) is 46.8 Å². The molecular weight excluding hydrogens is 337 g/mol. The lowest BCUT2D eigenvalue weighted by atomic mass is 9.73. The Hall–Kier alpha value is -2.44. The summed E-state index contributed by atoms with van der Waals surface area (Å²) in [6.07, 6.45) is 3.40. The molecule has 2 fully saturated rings. The fourth-order valence-corrected chi connectivity index (χ4v) is 3.87. The van der Waals surface area contributed by atoms with Gasteiger partial charge in [-0.05, 0) is 24.8 Å². The highest BCUT2D eigenvalue weighted by molar-refractivity contribution is 6.09. The van der Waals surface area contributed by atoms with Gasteiger partial charge in [-0.15, -0.1) is 0 Å². The van der Waals surface area contributed by atoms with Gasteiger partial charge in [-0.2, -0.15) is 0 Å². The zero-order valence-electron chi connectivity index (χ0n) is 15.1. The lowest BCUT2D eigenvalue weighted by molar-refractivity contribution is -0.140.